The molecule has 0 radical (unpaired) electrons. The standard InChI is InChI=1S/C22H18N4O4/c23-11-14-3-1-4-16(9-14)22(27)26-8-2-5-17(12-26)21-25-24-20(30-21)15-6-7-18-19(10-15)29-13-28-18/h1,3-4,6-7,9-10,17H,2,5,8,12-13H2. The number of nitrogens with zero attached hydrogens (tertiary/aromatic N) is 4. The maximum atomic E-state index is 12.9. The third-order valence-corrected chi connectivity index (χ3v) is 5.36. The zero-order chi connectivity index (χ0) is 20.5. The second-order valence-electron chi connectivity index (χ2n) is 7.30. The summed E-state index contributed by atoms with van der Waals surface area (Å²) in [4.78, 5) is 14.7. The molecular formula is C22H18N4O4. The molecule has 1 atom stereocenters. The predicted molar refractivity (Wildman–Crippen MR) is 105 cm³/mol. The normalized spacial score (nSPS) is 17.6. The van der Waals surface area contributed by atoms with Gasteiger partial charge in [-0.15, -0.1) is 10.2 Å². The Balaban J connectivity index is 1.33. The van der Waals surface area contributed by atoms with Gasteiger partial charge in [0.15, 0.2) is 11.5 Å². The third-order valence-electron chi connectivity index (χ3n) is 5.36. The molecule has 3 aromatic rings. The molecule has 0 aliphatic carbocycles. The molecule has 5 rings (SSSR count). The van der Waals surface area contributed by atoms with E-state index in [1.165, 1.54) is 0 Å². The summed E-state index contributed by atoms with van der Waals surface area (Å²) in [6.07, 6.45) is 1.71. The molecule has 2 aliphatic heterocycles. The van der Waals surface area contributed by atoms with Crippen molar-refractivity contribution in [2.45, 2.75) is 18.8 Å². The molecule has 8 heteroatoms. The van der Waals surface area contributed by atoms with E-state index in [1.807, 2.05) is 18.2 Å². The molecule has 8 nitrogen and oxygen atoms in total. The van der Waals surface area contributed by atoms with Gasteiger partial charge in [-0.2, -0.15) is 5.26 Å². The van der Waals surface area contributed by atoms with E-state index in [0.717, 1.165) is 18.4 Å². The topological polar surface area (TPSA) is 101 Å². The zero-order valence-electron chi connectivity index (χ0n) is 16.1. The fraction of sp³-hybridized carbons (Fsp3) is 0.273. The van der Waals surface area contributed by atoms with Crippen LogP contribution in [0.3, 0.4) is 0 Å². The lowest BCUT2D eigenvalue weighted by molar-refractivity contribution is 0.0698. The summed E-state index contributed by atoms with van der Waals surface area (Å²) in [5.74, 6) is 2.16. The Morgan fingerprint density at radius 3 is 2.93 bits per heavy atom. The highest BCUT2D eigenvalue weighted by atomic mass is 16.7. The highest BCUT2D eigenvalue weighted by Crippen LogP contribution is 2.36. The van der Waals surface area contributed by atoms with Crippen LogP contribution in [-0.4, -0.2) is 40.9 Å². The summed E-state index contributed by atoms with van der Waals surface area (Å²) in [6.45, 7) is 1.37. The monoisotopic (exact) mass is 402 g/mol. The van der Waals surface area contributed by atoms with E-state index in [2.05, 4.69) is 16.3 Å². The van der Waals surface area contributed by atoms with Gasteiger partial charge in [0.1, 0.15) is 0 Å². The first-order chi connectivity index (χ1) is 14.7. The van der Waals surface area contributed by atoms with Gasteiger partial charge in [-0.3, -0.25) is 4.79 Å². The van der Waals surface area contributed by atoms with Gasteiger partial charge in [-0.25, -0.2) is 0 Å². The fourth-order valence-electron chi connectivity index (χ4n) is 3.81. The average molecular weight is 402 g/mol. The molecule has 1 saturated heterocycles. The SMILES string of the molecule is N#Cc1cccc(C(=O)N2CCCC(c3nnc(-c4ccc5c(c4)OCO5)o3)C2)c1. The Morgan fingerprint density at radius 2 is 2.03 bits per heavy atom. The van der Waals surface area contributed by atoms with E-state index >= 15 is 0 Å². The molecule has 0 spiro atoms. The van der Waals surface area contributed by atoms with Gasteiger partial charge in [0.2, 0.25) is 18.6 Å². The number of likely N-dealkylation sites (tertiary alicyclic amines) is 1. The molecule has 2 aromatic carbocycles. The number of carbonyl (C=O) groups excluding carboxylic acids is 1. The highest BCUT2D eigenvalue weighted by Gasteiger charge is 2.29. The number of nitriles is 1. The van der Waals surface area contributed by atoms with Crippen LogP contribution < -0.4 is 9.47 Å². The Hall–Kier alpha value is -3.86. The summed E-state index contributed by atoms with van der Waals surface area (Å²) in [5.41, 5.74) is 1.75. The first-order valence-corrected chi connectivity index (χ1v) is 9.74. The third kappa shape index (κ3) is 3.35. The van der Waals surface area contributed by atoms with Crippen molar-refractivity contribution in [2.75, 3.05) is 19.9 Å². The van der Waals surface area contributed by atoms with Crippen LogP contribution in [0.2, 0.25) is 0 Å². The van der Waals surface area contributed by atoms with Gasteiger partial charge in [0.05, 0.1) is 17.6 Å². The van der Waals surface area contributed by atoms with E-state index in [9.17, 15) is 4.79 Å². The van der Waals surface area contributed by atoms with Gasteiger partial charge in [0.25, 0.3) is 5.91 Å². The quantitative estimate of drug-likeness (QED) is 0.662. The van der Waals surface area contributed by atoms with Crippen LogP contribution in [0.25, 0.3) is 11.5 Å². The molecular weight excluding hydrogens is 384 g/mol. The van der Waals surface area contributed by atoms with Crippen LogP contribution >= 0.6 is 0 Å². The van der Waals surface area contributed by atoms with Gasteiger partial charge < -0.3 is 18.8 Å². The lowest BCUT2D eigenvalue weighted by Crippen LogP contribution is -2.39. The molecule has 1 aromatic heterocycles. The minimum Gasteiger partial charge on any atom is -0.454 e. The first-order valence-electron chi connectivity index (χ1n) is 9.74. The minimum absolute atomic E-state index is 0.0305. The van der Waals surface area contributed by atoms with Crippen molar-refractivity contribution in [3.05, 3.63) is 59.5 Å². The molecule has 1 amide bonds. The number of piperidine rings is 1. The minimum atomic E-state index is -0.0905. The smallest absolute Gasteiger partial charge is 0.253 e. The van der Waals surface area contributed by atoms with Crippen molar-refractivity contribution in [2.24, 2.45) is 0 Å². The lowest BCUT2D eigenvalue weighted by Gasteiger charge is -2.31. The van der Waals surface area contributed by atoms with Crippen molar-refractivity contribution in [1.29, 1.82) is 5.26 Å². The number of ether oxygens (including phenoxy) is 2. The molecule has 30 heavy (non-hydrogen) atoms. The Morgan fingerprint density at radius 1 is 1.13 bits per heavy atom. The van der Waals surface area contributed by atoms with E-state index in [1.54, 1.807) is 29.2 Å². The second kappa shape index (κ2) is 7.52. The predicted octanol–water partition coefficient (Wildman–Crippen LogP) is 3.36. The number of fused-ring (bicyclic) bond motifs is 1. The summed E-state index contributed by atoms with van der Waals surface area (Å²) in [6, 6.07) is 14.3. The molecule has 150 valence electrons. The molecule has 0 saturated carbocycles. The van der Waals surface area contributed by atoms with Gasteiger partial charge in [0, 0.05) is 24.2 Å². The van der Waals surface area contributed by atoms with E-state index in [0.29, 0.717) is 47.5 Å². The summed E-state index contributed by atoms with van der Waals surface area (Å²) in [5, 5.41) is 17.5. The van der Waals surface area contributed by atoms with Gasteiger partial charge >= 0.3 is 0 Å². The Labute approximate surface area is 172 Å². The molecule has 0 N–H and O–H groups in total. The molecule has 3 heterocycles. The largest absolute Gasteiger partial charge is 0.454 e. The number of carbonyl (C=O) groups is 1. The zero-order valence-corrected chi connectivity index (χ0v) is 16.1. The number of rotatable bonds is 3. The highest BCUT2D eigenvalue weighted by molar-refractivity contribution is 5.94. The number of benzene rings is 2. The second-order valence-corrected chi connectivity index (χ2v) is 7.30. The fourth-order valence-corrected chi connectivity index (χ4v) is 3.81. The maximum absolute atomic E-state index is 12.9. The van der Waals surface area contributed by atoms with Crippen molar-refractivity contribution >= 4 is 5.91 Å². The number of aromatic nitrogens is 2. The Kier molecular flexibility index (Phi) is 4.56. The number of hydrogen-bond acceptors (Lipinski definition) is 7. The molecule has 0 bridgehead atoms. The average Bonchev–Trinajstić information content (AvgIpc) is 3.48. The number of hydrogen-bond donors (Lipinski definition) is 0. The van der Waals surface area contributed by atoms with Crippen LogP contribution in [-0.2, 0) is 0 Å². The van der Waals surface area contributed by atoms with Gasteiger partial charge in [-0.05, 0) is 49.2 Å². The van der Waals surface area contributed by atoms with Gasteiger partial charge in [-0.1, -0.05) is 6.07 Å². The molecule has 2 aliphatic rings. The van der Waals surface area contributed by atoms with Crippen molar-refractivity contribution in [3.63, 3.8) is 0 Å². The van der Waals surface area contributed by atoms with Crippen LogP contribution in [0.15, 0.2) is 46.9 Å². The van der Waals surface area contributed by atoms with Crippen LogP contribution in [0.1, 0.15) is 40.6 Å². The van der Waals surface area contributed by atoms with Crippen LogP contribution in [0, 0.1) is 11.3 Å². The first kappa shape index (κ1) is 18.2. The molecule has 1 fully saturated rings. The Bertz CT molecular complexity index is 1150. The van der Waals surface area contributed by atoms with Crippen LogP contribution in [0.4, 0.5) is 0 Å². The maximum Gasteiger partial charge on any atom is 0.253 e. The van der Waals surface area contributed by atoms with Crippen molar-refractivity contribution in [1.82, 2.24) is 15.1 Å². The summed E-state index contributed by atoms with van der Waals surface area (Å²) < 4.78 is 16.7. The van der Waals surface area contributed by atoms with Crippen molar-refractivity contribution < 1.29 is 18.7 Å². The summed E-state index contributed by atoms with van der Waals surface area (Å²) in [7, 11) is 0. The van der Waals surface area contributed by atoms with E-state index in [4.69, 9.17) is 19.2 Å². The lowest BCUT2D eigenvalue weighted by atomic mass is 9.97. The van der Waals surface area contributed by atoms with Crippen LogP contribution in [0.5, 0.6) is 11.5 Å². The summed E-state index contributed by atoms with van der Waals surface area (Å²) >= 11 is 0. The number of amides is 1. The van der Waals surface area contributed by atoms with Crippen molar-refractivity contribution in [3.8, 4) is 29.0 Å². The molecule has 1 unspecified atom stereocenters. The van der Waals surface area contributed by atoms with E-state index in [-0.39, 0.29) is 18.6 Å². The van der Waals surface area contributed by atoms with E-state index < -0.39 is 0 Å².